The highest BCUT2D eigenvalue weighted by atomic mass is 35.5. The number of benzene rings is 3. The Kier molecular flexibility index (Phi) is 12.2. The fraction of sp³-hybridized carbons (Fsp3) is 0.308. The predicted octanol–water partition coefficient (Wildman–Crippen LogP) is 8.86. The molecule has 1 aliphatic rings. The van der Waals surface area contributed by atoms with Crippen molar-refractivity contribution in [3.63, 3.8) is 0 Å². The Morgan fingerprint density at radius 3 is 2.62 bits per heavy atom. The molecule has 1 aliphatic heterocycles. The van der Waals surface area contributed by atoms with E-state index in [9.17, 15) is 5.26 Å². The summed E-state index contributed by atoms with van der Waals surface area (Å²) in [5, 5.41) is 16.7. The Morgan fingerprint density at radius 1 is 0.960 bits per heavy atom. The number of rotatable bonds is 14. The summed E-state index contributed by atoms with van der Waals surface area (Å²) in [6, 6.07) is 19.7. The number of hydrogen-bond donors (Lipinski definition) is 1. The third-order valence-electron chi connectivity index (χ3n) is 8.79. The molecule has 0 bridgehead atoms. The van der Waals surface area contributed by atoms with Crippen LogP contribution in [0.15, 0.2) is 78.6 Å². The van der Waals surface area contributed by atoms with E-state index in [1.807, 2.05) is 47.8 Å². The van der Waals surface area contributed by atoms with Gasteiger partial charge in [0, 0.05) is 72.3 Å². The summed E-state index contributed by atoms with van der Waals surface area (Å²) in [6.45, 7) is 6.55. The molecule has 1 fully saturated rings. The van der Waals surface area contributed by atoms with E-state index >= 15 is 0 Å². The number of aromatic nitrogens is 2. The van der Waals surface area contributed by atoms with Crippen molar-refractivity contribution in [2.75, 3.05) is 26.7 Å². The lowest BCUT2D eigenvalue weighted by molar-refractivity contribution is 0.150. The fourth-order valence-corrected chi connectivity index (χ4v) is 7.24. The molecule has 0 amide bonds. The molecule has 5 aromatic rings. The molecule has 3 heterocycles. The van der Waals surface area contributed by atoms with E-state index in [4.69, 9.17) is 37.4 Å². The Hall–Kier alpha value is -4.17. The van der Waals surface area contributed by atoms with Crippen LogP contribution in [-0.4, -0.2) is 41.6 Å². The zero-order valence-electron chi connectivity index (χ0n) is 28.1. The minimum Gasteiger partial charge on any atom is -0.492 e. The number of ether oxygens (including phenoxy) is 3. The van der Waals surface area contributed by atoms with Crippen LogP contribution >= 0.6 is 34.5 Å². The Morgan fingerprint density at radius 2 is 1.80 bits per heavy atom. The number of nitrogens with one attached hydrogen (secondary N) is 1. The predicted molar refractivity (Wildman–Crippen MR) is 199 cm³/mol. The maximum absolute atomic E-state index is 9.30. The van der Waals surface area contributed by atoms with Gasteiger partial charge in [0.1, 0.15) is 41.5 Å². The number of hydrogen-bond acceptors (Lipinski definition) is 9. The first-order valence-electron chi connectivity index (χ1n) is 16.6. The van der Waals surface area contributed by atoms with Gasteiger partial charge >= 0.3 is 0 Å². The van der Waals surface area contributed by atoms with Crippen LogP contribution in [0.25, 0.3) is 11.1 Å². The molecule has 1 atom stereocenters. The van der Waals surface area contributed by atoms with E-state index in [0.717, 1.165) is 51.5 Å². The molecule has 11 heteroatoms. The van der Waals surface area contributed by atoms with Crippen LogP contribution in [0, 0.1) is 24.2 Å². The van der Waals surface area contributed by atoms with Gasteiger partial charge in [-0.2, -0.15) is 5.26 Å². The van der Waals surface area contributed by atoms with Gasteiger partial charge in [-0.1, -0.05) is 53.5 Å². The van der Waals surface area contributed by atoms with Crippen LogP contribution < -0.4 is 19.5 Å². The maximum atomic E-state index is 9.30. The number of piperidine rings is 1. The first kappa shape index (κ1) is 35.6. The van der Waals surface area contributed by atoms with Gasteiger partial charge in [0.25, 0.3) is 0 Å². The quantitative estimate of drug-likeness (QED) is 0.121. The fourth-order valence-electron chi connectivity index (χ4n) is 6.13. The zero-order valence-corrected chi connectivity index (χ0v) is 30.5. The van der Waals surface area contributed by atoms with Crippen LogP contribution in [0.1, 0.15) is 45.7 Å². The lowest BCUT2D eigenvalue weighted by Crippen LogP contribution is -2.34. The van der Waals surface area contributed by atoms with Crippen molar-refractivity contribution in [2.24, 2.45) is 5.92 Å². The van der Waals surface area contributed by atoms with Crippen molar-refractivity contribution in [3.05, 3.63) is 121 Å². The summed E-state index contributed by atoms with van der Waals surface area (Å²) in [6.07, 6.45) is 7.36. The highest BCUT2D eigenvalue weighted by Gasteiger charge is 2.20. The van der Waals surface area contributed by atoms with E-state index < -0.39 is 0 Å². The third kappa shape index (κ3) is 9.13. The van der Waals surface area contributed by atoms with Gasteiger partial charge in [0.2, 0.25) is 0 Å². The molecule has 0 radical (unpaired) electrons. The first-order chi connectivity index (χ1) is 24.4. The normalized spacial score (nSPS) is 14.7. The number of halogens is 2. The summed E-state index contributed by atoms with van der Waals surface area (Å²) in [4.78, 5) is 10.9. The third-order valence-corrected chi connectivity index (χ3v) is 10.3. The summed E-state index contributed by atoms with van der Waals surface area (Å²) in [5.41, 5.74) is 6.12. The molecule has 8 nitrogen and oxygen atoms in total. The minimum absolute atomic E-state index is 0.228. The largest absolute Gasteiger partial charge is 0.492 e. The van der Waals surface area contributed by atoms with Crippen LogP contribution in [0.5, 0.6) is 17.2 Å². The Bertz CT molecular complexity index is 1950. The van der Waals surface area contributed by atoms with Gasteiger partial charge in [0.15, 0.2) is 0 Å². The van der Waals surface area contributed by atoms with Crippen molar-refractivity contribution in [1.29, 1.82) is 5.26 Å². The topological polar surface area (TPSA) is 92.5 Å². The van der Waals surface area contributed by atoms with Gasteiger partial charge in [-0.25, -0.2) is 4.98 Å². The number of likely N-dealkylation sites (tertiary alicyclic amines) is 1. The second-order valence-electron chi connectivity index (χ2n) is 12.5. The smallest absolute Gasteiger partial charge is 0.142 e. The number of thiazole rings is 1. The average molecular weight is 729 g/mol. The number of pyridine rings is 1. The van der Waals surface area contributed by atoms with Gasteiger partial charge < -0.3 is 24.4 Å². The van der Waals surface area contributed by atoms with E-state index in [0.29, 0.717) is 58.5 Å². The molecule has 1 unspecified atom stereocenters. The van der Waals surface area contributed by atoms with E-state index in [2.05, 4.69) is 46.3 Å². The van der Waals surface area contributed by atoms with E-state index in [1.165, 1.54) is 19.0 Å². The summed E-state index contributed by atoms with van der Waals surface area (Å²) in [7, 11) is 2.16. The molecule has 2 aromatic heterocycles. The molecule has 0 spiro atoms. The molecular weight excluding hydrogens is 689 g/mol. The second kappa shape index (κ2) is 17.2. The van der Waals surface area contributed by atoms with Crippen LogP contribution in [-0.2, 0) is 26.3 Å². The molecule has 6 rings (SSSR count). The molecule has 0 saturated carbocycles. The van der Waals surface area contributed by atoms with E-state index in [1.54, 1.807) is 29.8 Å². The summed E-state index contributed by atoms with van der Waals surface area (Å²) >= 11 is 15.4. The van der Waals surface area contributed by atoms with Crippen molar-refractivity contribution >= 4 is 34.5 Å². The molecular formula is C39H39Cl2N5O3S. The van der Waals surface area contributed by atoms with Crippen LogP contribution in [0.3, 0.4) is 0 Å². The number of nitriles is 1. The summed E-state index contributed by atoms with van der Waals surface area (Å²) in [5.74, 6) is 2.32. The maximum Gasteiger partial charge on any atom is 0.142 e. The SMILES string of the molecule is Cc1c(COc2cc(OCc3cncc(C#N)c3)c(CNCc3nccs3)cc2Cl)cccc1-c1cccc(OCC2CCCN(C)C2)c1Cl. The van der Waals surface area contributed by atoms with E-state index in [-0.39, 0.29) is 13.2 Å². The number of nitrogens with zero attached hydrogens (tertiary/aromatic N) is 4. The zero-order chi connectivity index (χ0) is 34.9. The van der Waals surface area contributed by atoms with Crippen LogP contribution in [0.2, 0.25) is 10.0 Å². The van der Waals surface area contributed by atoms with Gasteiger partial charge in [-0.05, 0) is 68.2 Å². The Balaban J connectivity index is 1.18. The highest BCUT2D eigenvalue weighted by Crippen LogP contribution is 2.39. The van der Waals surface area contributed by atoms with Crippen molar-refractivity contribution in [1.82, 2.24) is 20.2 Å². The van der Waals surface area contributed by atoms with Crippen molar-refractivity contribution < 1.29 is 14.2 Å². The highest BCUT2D eigenvalue weighted by molar-refractivity contribution is 7.09. The lowest BCUT2D eigenvalue weighted by atomic mass is 9.96. The molecule has 258 valence electrons. The standard InChI is InChI=1S/C39H39Cl2N5O3S/c1-26-30(7-3-8-32(26)33-9-4-10-35(39(33)41)47-23-27-6-5-12-46(2)22-27)25-49-37-16-36(48-24-29-14-28(17-42)18-43-19-29)31(15-34(37)40)20-44-21-38-45-11-13-50-38/h3-4,7-11,13-16,18-19,27,44H,5-6,12,20-25H2,1-2H3. The van der Waals surface area contributed by atoms with Gasteiger partial charge in [-0.15, -0.1) is 11.3 Å². The molecule has 3 aromatic carbocycles. The average Bonchev–Trinajstić information content (AvgIpc) is 3.65. The van der Waals surface area contributed by atoms with Crippen LogP contribution in [0.4, 0.5) is 0 Å². The van der Waals surface area contributed by atoms with Crippen molar-refractivity contribution in [2.45, 2.75) is 46.1 Å². The van der Waals surface area contributed by atoms with Gasteiger partial charge in [-0.3, -0.25) is 4.98 Å². The monoisotopic (exact) mass is 727 g/mol. The van der Waals surface area contributed by atoms with Gasteiger partial charge in [0.05, 0.1) is 22.2 Å². The molecule has 50 heavy (non-hydrogen) atoms. The molecule has 0 aliphatic carbocycles. The molecule has 1 N–H and O–H groups in total. The Labute approximate surface area is 307 Å². The first-order valence-corrected chi connectivity index (χ1v) is 18.2. The lowest BCUT2D eigenvalue weighted by Gasteiger charge is -2.29. The second-order valence-corrected chi connectivity index (χ2v) is 14.2. The summed E-state index contributed by atoms with van der Waals surface area (Å²) < 4.78 is 18.9. The minimum atomic E-state index is 0.228. The van der Waals surface area contributed by atoms with Crippen molar-refractivity contribution in [3.8, 4) is 34.4 Å². The molecule has 1 saturated heterocycles.